The highest BCUT2D eigenvalue weighted by molar-refractivity contribution is 6.30. The van der Waals surface area contributed by atoms with E-state index in [-0.39, 0.29) is 0 Å². The fourth-order valence-electron chi connectivity index (χ4n) is 3.01. The monoisotopic (exact) mass is 400 g/mol. The van der Waals surface area contributed by atoms with Gasteiger partial charge in [-0.2, -0.15) is 10.2 Å². The predicted molar refractivity (Wildman–Crippen MR) is 119 cm³/mol. The first-order chi connectivity index (χ1) is 13.8. The number of nitrogens with zero attached hydrogens (tertiary/aromatic N) is 2. The second-order valence-corrected chi connectivity index (χ2v) is 7.64. The molecule has 0 saturated heterocycles. The van der Waals surface area contributed by atoms with Gasteiger partial charge < -0.3 is 4.74 Å². The molecule has 0 aliphatic rings. The molecule has 4 heteroatoms. The van der Waals surface area contributed by atoms with Gasteiger partial charge in [-0.1, -0.05) is 76.3 Å². The number of benzene rings is 2. The van der Waals surface area contributed by atoms with E-state index in [0.717, 1.165) is 30.2 Å². The van der Waals surface area contributed by atoms with E-state index in [1.165, 1.54) is 57.8 Å². The first-order valence-electron chi connectivity index (χ1n) is 10.7. The highest BCUT2D eigenvalue weighted by atomic mass is 35.5. The Morgan fingerprint density at radius 3 is 1.64 bits per heavy atom. The Balaban J connectivity index is 1.54. The predicted octanol–water partition coefficient (Wildman–Crippen LogP) is 9.06. The summed E-state index contributed by atoms with van der Waals surface area (Å²) in [4.78, 5) is 0. The van der Waals surface area contributed by atoms with Gasteiger partial charge in [-0.05, 0) is 55.0 Å². The van der Waals surface area contributed by atoms with Crippen LogP contribution in [-0.2, 0) is 0 Å². The van der Waals surface area contributed by atoms with Gasteiger partial charge in [-0.3, -0.25) is 0 Å². The zero-order valence-electron chi connectivity index (χ0n) is 17.1. The van der Waals surface area contributed by atoms with Crippen LogP contribution in [0.3, 0.4) is 0 Å². The molecular weight excluding hydrogens is 368 g/mol. The van der Waals surface area contributed by atoms with Crippen LogP contribution >= 0.6 is 11.6 Å². The van der Waals surface area contributed by atoms with Crippen molar-refractivity contribution in [1.82, 2.24) is 0 Å². The molecule has 0 N–H and O–H groups in total. The van der Waals surface area contributed by atoms with Crippen LogP contribution in [0, 0.1) is 0 Å². The van der Waals surface area contributed by atoms with Gasteiger partial charge >= 0.3 is 0 Å². The van der Waals surface area contributed by atoms with Gasteiger partial charge in [0.1, 0.15) is 5.75 Å². The molecule has 0 spiro atoms. The minimum absolute atomic E-state index is 0.697. The summed E-state index contributed by atoms with van der Waals surface area (Å²) in [5.74, 6) is 0.890. The van der Waals surface area contributed by atoms with Gasteiger partial charge in [-0.25, -0.2) is 0 Å². The lowest BCUT2D eigenvalue weighted by molar-refractivity contribution is 0.304. The molecule has 0 aromatic heterocycles. The Morgan fingerprint density at radius 2 is 1.11 bits per heavy atom. The number of ether oxygens (including phenoxy) is 1. The summed E-state index contributed by atoms with van der Waals surface area (Å²) in [6.45, 7) is 3.05. The Bertz CT molecular complexity index is 668. The fraction of sp³-hybridized carbons (Fsp3) is 0.500. The Hall–Kier alpha value is -1.87. The maximum absolute atomic E-state index is 5.86. The summed E-state index contributed by atoms with van der Waals surface area (Å²) in [7, 11) is 0. The molecule has 3 nitrogen and oxygen atoms in total. The van der Waals surface area contributed by atoms with Crippen LogP contribution in [0.1, 0.15) is 71.1 Å². The summed E-state index contributed by atoms with van der Waals surface area (Å²) in [6, 6.07) is 15.0. The molecule has 0 saturated carbocycles. The SMILES string of the molecule is CCCCCCCCCCCCOc1ccc(N=Nc2ccc(Cl)cc2)cc1. The van der Waals surface area contributed by atoms with Crippen LogP contribution in [0.4, 0.5) is 11.4 Å². The van der Waals surface area contributed by atoms with Crippen molar-refractivity contribution >= 4 is 23.0 Å². The molecular formula is C24H33ClN2O. The summed E-state index contributed by atoms with van der Waals surface area (Å²) >= 11 is 5.86. The van der Waals surface area contributed by atoms with E-state index >= 15 is 0 Å². The summed E-state index contributed by atoms with van der Waals surface area (Å²) in [5, 5.41) is 9.14. The van der Waals surface area contributed by atoms with Crippen molar-refractivity contribution in [2.75, 3.05) is 6.61 Å². The molecule has 2 aromatic carbocycles. The largest absolute Gasteiger partial charge is 0.494 e. The van der Waals surface area contributed by atoms with Crippen molar-refractivity contribution in [1.29, 1.82) is 0 Å². The number of rotatable bonds is 14. The Kier molecular flexibility index (Phi) is 11.3. The summed E-state index contributed by atoms with van der Waals surface area (Å²) in [6.07, 6.45) is 13.4. The third-order valence-electron chi connectivity index (χ3n) is 4.71. The quantitative estimate of drug-likeness (QED) is 0.230. The van der Waals surface area contributed by atoms with Crippen molar-refractivity contribution in [3.05, 3.63) is 53.6 Å². The van der Waals surface area contributed by atoms with E-state index in [0.29, 0.717) is 5.02 Å². The van der Waals surface area contributed by atoms with Gasteiger partial charge in [0.15, 0.2) is 0 Å². The molecule has 0 atom stereocenters. The van der Waals surface area contributed by atoms with Crippen LogP contribution < -0.4 is 4.74 Å². The molecule has 0 heterocycles. The van der Waals surface area contributed by atoms with Crippen molar-refractivity contribution in [2.45, 2.75) is 71.1 Å². The number of halogens is 1. The second-order valence-electron chi connectivity index (χ2n) is 7.20. The van der Waals surface area contributed by atoms with Gasteiger partial charge in [0.05, 0.1) is 18.0 Å². The fourth-order valence-corrected chi connectivity index (χ4v) is 3.14. The smallest absolute Gasteiger partial charge is 0.119 e. The molecule has 0 radical (unpaired) electrons. The lowest BCUT2D eigenvalue weighted by Crippen LogP contribution is -1.96. The van der Waals surface area contributed by atoms with Gasteiger partial charge in [0, 0.05) is 5.02 Å². The third kappa shape index (κ3) is 9.89. The van der Waals surface area contributed by atoms with E-state index < -0.39 is 0 Å². The molecule has 0 unspecified atom stereocenters. The van der Waals surface area contributed by atoms with E-state index in [1.54, 1.807) is 12.1 Å². The van der Waals surface area contributed by atoms with Gasteiger partial charge in [0.25, 0.3) is 0 Å². The average molecular weight is 401 g/mol. The lowest BCUT2D eigenvalue weighted by Gasteiger charge is -2.06. The van der Waals surface area contributed by atoms with Crippen LogP contribution in [0.25, 0.3) is 0 Å². The zero-order chi connectivity index (χ0) is 19.9. The molecule has 2 rings (SSSR count). The maximum Gasteiger partial charge on any atom is 0.119 e. The molecule has 0 amide bonds. The molecule has 2 aromatic rings. The molecule has 0 aliphatic heterocycles. The Morgan fingerprint density at radius 1 is 0.643 bits per heavy atom. The van der Waals surface area contributed by atoms with E-state index in [2.05, 4.69) is 17.2 Å². The number of hydrogen-bond acceptors (Lipinski definition) is 3. The second kappa shape index (κ2) is 14.2. The van der Waals surface area contributed by atoms with Crippen LogP contribution in [0.5, 0.6) is 5.75 Å². The van der Waals surface area contributed by atoms with Crippen molar-refractivity contribution in [3.63, 3.8) is 0 Å². The van der Waals surface area contributed by atoms with Crippen LogP contribution in [0.2, 0.25) is 5.02 Å². The van der Waals surface area contributed by atoms with Crippen molar-refractivity contribution < 1.29 is 4.74 Å². The number of unbranched alkanes of at least 4 members (excludes halogenated alkanes) is 9. The van der Waals surface area contributed by atoms with E-state index in [4.69, 9.17) is 16.3 Å². The van der Waals surface area contributed by atoms with E-state index in [1.807, 2.05) is 36.4 Å². The standard InChI is InChI=1S/C24H33ClN2O/c1-2-3-4-5-6-7-8-9-10-11-20-28-24-18-16-23(17-19-24)27-26-22-14-12-21(25)13-15-22/h12-19H,2-11,20H2,1H3. The number of hydrogen-bond donors (Lipinski definition) is 0. The molecule has 0 fully saturated rings. The Labute approximate surface area is 175 Å². The van der Waals surface area contributed by atoms with Crippen molar-refractivity contribution in [3.8, 4) is 5.75 Å². The third-order valence-corrected chi connectivity index (χ3v) is 4.96. The van der Waals surface area contributed by atoms with Gasteiger partial charge in [0.2, 0.25) is 0 Å². The average Bonchev–Trinajstić information content (AvgIpc) is 2.72. The maximum atomic E-state index is 5.86. The molecule has 0 bridgehead atoms. The first kappa shape index (κ1) is 22.4. The highest BCUT2D eigenvalue weighted by Crippen LogP contribution is 2.22. The summed E-state index contributed by atoms with van der Waals surface area (Å²) in [5.41, 5.74) is 1.59. The minimum atomic E-state index is 0.697. The number of azo groups is 1. The van der Waals surface area contributed by atoms with Crippen LogP contribution in [0.15, 0.2) is 58.8 Å². The molecule has 152 valence electrons. The zero-order valence-corrected chi connectivity index (χ0v) is 17.8. The lowest BCUT2D eigenvalue weighted by atomic mass is 10.1. The minimum Gasteiger partial charge on any atom is -0.494 e. The summed E-state index contributed by atoms with van der Waals surface area (Å²) < 4.78 is 5.82. The first-order valence-corrected chi connectivity index (χ1v) is 11.1. The van der Waals surface area contributed by atoms with E-state index in [9.17, 15) is 0 Å². The van der Waals surface area contributed by atoms with Gasteiger partial charge in [-0.15, -0.1) is 0 Å². The molecule has 28 heavy (non-hydrogen) atoms. The molecule has 0 aliphatic carbocycles. The normalized spacial score (nSPS) is 11.2. The van der Waals surface area contributed by atoms with Crippen LogP contribution in [-0.4, -0.2) is 6.61 Å². The highest BCUT2D eigenvalue weighted by Gasteiger charge is 1.97. The van der Waals surface area contributed by atoms with Crippen molar-refractivity contribution in [2.24, 2.45) is 10.2 Å². The topological polar surface area (TPSA) is 34.0 Å².